The van der Waals surface area contributed by atoms with Crippen LogP contribution in [0.1, 0.15) is 21.5 Å². The fourth-order valence-electron chi connectivity index (χ4n) is 2.94. The van der Waals surface area contributed by atoms with Crippen LogP contribution < -0.4 is 15.6 Å². The van der Waals surface area contributed by atoms with Gasteiger partial charge in [-0.05, 0) is 60.0 Å². The smallest absolute Gasteiger partial charge is 0.276 e. The first-order chi connectivity index (χ1) is 15.7. The molecule has 0 fully saturated rings. The Hall–Kier alpha value is -4.16. The third-order valence-electron chi connectivity index (χ3n) is 4.77. The number of benzene rings is 3. The summed E-state index contributed by atoms with van der Waals surface area (Å²) in [5.74, 6) is -0.764. The molecule has 0 aliphatic rings. The van der Waals surface area contributed by atoms with Gasteiger partial charge >= 0.3 is 0 Å². The molecule has 2 N–H and O–H groups in total. The number of carbonyl (C=O) groups excluding carboxylic acids is 2. The van der Waals surface area contributed by atoms with E-state index in [0.717, 1.165) is 17.4 Å². The van der Waals surface area contributed by atoms with Gasteiger partial charge in [-0.3, -0.25) is 20.4 Å². The van der Waals surface area contributed by atoms with Crippen LogP contribution in [0.4, 0.5) is 0 Å². The van der Waals surface area contributed by atoms with E-state index in [1.165, 1.54) is 18.2 Å². The zero-order valence-corrected chi connectivity index (χ0v) is 18.8. The molecule has 0 saturated carbocycles. The number of nitriles is 1. The molecule has 0 aromatic heterocycles. The Bertz CT molecular complexity index is 1330. The van der Waals surface area contributed by atoms with Gasteiger partial charge in [0.15, 0.2) is 16.4 Å². The van der Waals surface area contributed by atoms with Crippen LogP contribution in [0.2, 0.25) is 0 Å². The van der Waals surface area contributed by atoms with Gasteiger partial charge in [-0.1, -0.05) is 30.3 Å². The number of hydrogen-bond acceptors (Lipinski definition) is 6. The maximum atomic E-state index is 12.4. The molecule has 3 aromatic rings. The Morgan fingerprint density at radius 2 is 1.55 bits per heavy atom. The van der Waals surface area contributed by atoms with E-state index in [1.807, 2.05) is 24.3 Å². The summed E-state index contributed by atoms with van der Waals surface area (Å²) < 4.78 is 28.8. The summed E-state index contributed by atoms with van der Waals surface area (Å²) in [7, 11) is -3.47. The molecule has 0 spiro atoms. The minimum atomic E-state index is -3.47. The molecule has 3 aromatic carbocycles. The molecule has 2 amide bonds. The van der Waals surface area contributed by atoms with Crippen LogP contribution in [-0.2, 0) is 14.6 Å². The Labute approximate surface area is 191 Å². The Kier molecular flexibility index (Phi) is 7.10. The first kappa shape index (κ1) is 23.5. The number of aryl methyl sites for hydroxylation is 1. The van der Waals surface area contributed by atoms with Gasteiger partial charge in [0.2, 0.25) is 0 Å². The Morgan fingerprint density at radius 1 is 0.939 bits per heavy atom. The molecule has 33 heavy (non-hydrogen) atoms. The molecule has 0 aliphatic carbocycles. The number of sulfone groups is 1. The highest BCUT2D eigenvalue weighted by atomic mass is 32.2. The molecule has 0 bridgehead atoms. The highest BCUT2D eigenvalue weighted by molar-refractivity contribution is 7.90. The second kappa shape index (κ2) is 9.97. The summed E-state index contributed by atoms with van der Waals surface area (Å²) in [4.78, 5) is 24.4. The predicted octanol–water partition coefficient (Wildman–Crippen LogP) is 2.78. The van der Waals surface area contributed by atoms with Crippen molar-refractivity contribution >= 4 is 21.7 Å². The van der Waals surface area contributed by atoms with Crippen LogP contribution in [-0.4, -0.2) is 33.1 Å². The van der Waals surface area contributed by atoms with E-state index in [1.54, 1.807) is 31.2 Å². The lowest BCUT2D eigenvalue weighted by molar-refractivity contribution is -0.123. The van der Waals surface area contributed by atoms with Crippen molar-refractivity contribution < 1.29 is 22.7 Å². The van der Waals surface area contributed by atoms with Crippen LogP contribution in [0.3, 0.4) is 0 Å². The average molecular weight is 464 g/mol. The van der Waals surface area contributed by atoms with E-state index >= 15 is 0 Å². The molecule has 0 aliphatic heterocycles. The number of ether oxygens (including phenoxy) is 1. The molecule has 0 radical (unpaired) electrons. The number of hydrazine groups is 1. The highest BCUT2D eigenvalue weighted by Gasteiger charge is 2.15. The topological polar surface area (TPSA) is 125 Å². The minimum absolute atomic E-state index is 0.0114. The van der Waals surface area contributed by atoms with Crippen molar-refractivity contribution in [2.75, 3.05) is 12.9 Å². The fourth-order valence-corrected chi connectivity index (χ4v) is 3.58. The van der Waals surface area contributed by atoms with Crippen molar-refractivity contribution in [1.82, 2.24) is 10.9 Å². The average Bonchev–Trinajstić information content (AvgIpc) is 2.81. The summed E-state index contributed by atoms with van der Waals surface area (Å²) >= 11 is 0. The van der Waals surface area contributed by atoms with Crippen LogP contribution in [0, 0.1) is 18.3 Å². The molecule has 0 unspecified atom stereocenters. The normalized spacial score (nSPS) is 10.7. The summed E-state index contributed by atoms with van der Waals surface area (Å²) in [5.41, 5.74) is 7.65. The molecule has 9 heteroatoms. The van der Waals surface area contributed by atoms with Gasteiger partial charge in [-0.15, -0.1) is 0 Å². The quantitative estimate of drug-likeness (QED) is 0.542. The van der Waals surface area contributed by atoms with Gasteiger partial charge in [0.25, 0.3) is 11.8 Å². The third kappa shape index (κ3) is 6.18. The van der Waals surface area contributed by atoms with Gasteiger partial charge in [0.05, 0.1) is 16.5 Å². The fraction of sp³-hybridized carbons (Fsp3) is 0.125. The molecule has 0 heterocycles. The maximum absolute atomic E-state index is 12.4. The van der Waals surface area contributed by atoms with Gasteiger partial charge < -0.3 is 4.74 Å². The summed E-state index contributed by atoms with van der Waals surface area (Å²) in [6.45, 7) is 1.33. The Balaban J connectivity index is 1.53. The summed E-state index contributed by atoms with van der Waals surface area (Å²) in [5, 5.41) is 8.87. The standard InChI is InChI=1S/C24H21N3O5S/c1-16-3-12-21(33(2,30)31)13-22(16)24(29)27-26-23(28)15-32-20-10-8-19(9-11-20)18-6-4-17(14-25)5-7-18/h3-13H,15H2,1-2H3,(H,26,28)(H,27,29). The molecular weight excluding hydrogens is 442 g/mol. The van der Waals surface area contributed by atoms with Gasteiger partial charge in [-0.25, -0.2) is 8.42 Å². The zero-order chi connectivity index (χ0) is 24.0. The van der Waals surface area contributed by atoms with E-state index in [2.05, 4.69) is 16.9 Å². The number of rotatable bonds is 6. The number of carbonyl (C=O) groups is 2. The highest BCUT2D eigenvalue weighted by Crippen LogP contribution is 2.22. The lowest BCUT2D eigenvalue weighted by Gasteiger charge is -2.11. The molecule has 168 valence electrons. The lowest BCUT2D eigenvalue weighted by atomic mass is 10.0. The number of amides is 2. The van der Waals surface area contributed by atoms with Gasteiger partial charge in [0, 0.05) is 11.8 Å². The maximum Gasteiger partial charge on any atom is 0.276 e. The zero-order valence-electron chi connectivity index (χ0n) is 18.0. The minimum Gasteiger partial charge on any atom is -0.484 e. The molecule has 0 saturated heterocycles. The Morgan fingerprint density at radius 3 is 2.12 bits per heavy atom. The number of nitrogens with one attached hydrogen (secondary N) is 2. The van der Waals surface area contributed by atoms with E-state index in [9.17, 15) is 18.0 Å². The van der Waals surface area contributed by atoms with Gasteiger partial charge in [-0.2, -0.15) is 5.26 Å². The molecule has 0 atom stereocenters. The second-order valence-corrected chi connectivity index (χ2v) is 9.27. The third-order valence-corrected chi connectivity index (χ3v) is 5.88. The van der Waals surface area contributed by atoms with Crippen molar-refractivity contribution in [3.8, 4) is 22.9 Å². The molecule has 3 rings (SSSR count). The van der Waals surface area contributed by atoms with Crippen LogP contribution >= 0.6 is 0 Å². The van der Waals surface area contributed by atoms with E-state index in [0.29, 0.717) is 16.9 Å². The van der Waals surface area contributed by atoms with Crippen molar-refractivity contribution in [2.24, 2.45) is 0 Å². The van der Waals surface area contributed by atoms with Crippen LogP contribution in [0.5, 0.6) is 5.75 Å². The monoisotopic (exact) mass is 463 g/mol. The summed E-state index contributed by atoms with van der Waals surface area (Å²) in [6.07, 6.45) is 1.05. The largest absolute Gasteiger partial charge is 0.484 e. The lowest BCUT2D eigenvalue weighted by Crippen LogP contribution is -2.44. The van der Waals surface area contributed by atoms with Crippen molar-refractivity contribution in [2.45, 2.75) is 11.8 Å². The first-order valence-corrected chi connectivity index (χ1v) is 11.7. The molecular formula is C24H21N3O5S. The van der Waals surface area contributed by atoms with Crippen molar-refractivity contribution in [1.29, 1.82) is 5.26 Å². The van der Waals surface area contributed by atoms with Crippen molar-refractivity contribution in [3.05, 3.63) is 83.4 Å². The van der Waals surface area contributed by atoms with Crippen LogP contribution in [0.25, 0.3) is 11.1 Å². The van der Waals surface area contributed by atoms with E-state index < -0.39 is 21.7 Å². The van der Waals surface area contributed by atoms with Crippen molar-refractivity contribution in [3.63, 3.8) is 0 Å². The second-order valence-electron chi connectivity index (χ2n) is 7.25. The van der Waals surface area contributed by atoms with Gasteiger partial charge in [0.1, 0.15) is 5.75 Å². The van der Waals surface area contributed by atoms with E-state index in [4.69, 9.17) is 10.00 Å². The summed E-state index contributed by atoms with van der Waals surface area (Å²) in [6, 6.07) is 20.5. The predicted molar refractivity (Wildman–Crippen MR) is 122 cm³/mol. The van der Waals surface area contributed by atoms with E-state index in [-0.39, 0.29) is 17.1 Å². The number of nitrogens with zero attached hydrogens (tertiary/aromatic N) is 1. The number of hydrogen-bond donors (Lipinski definition) is 2. The van der Waals surface area contributed by atoms with Crippen LogP contribution in [0.15, 0.2) is 71.6 Å². The first-order valence-electron chi connectivity index (χ1n) is 9.80. The molecule has 8 nitrogen and oxygen atoms in total. The SMILES string of the molecule is Cc1ccc(S(C)(=O)=O)cc1C(=O)NNC(=O)COc1ccc(-c2ccc(C#N)cc2)cc1.